The van der Waals surface area contributed by atoms with Crippen LogP contribution >= 0.6 is 12.6 Å². The minimum atomic E-state index is -3.67. The summed E-state index contributed by atoms with van der Waals surface area (Å²) in [6, 6.07) is 6.23. The molecule has 3 rings (SSSR count). The largest absolute Gasteiger partial charge is 0.445 e. The molecule has 0 radical (unpaired) electrons. The number of benzene rings is 1. The minimum absolute atomic E-state index is 0.0259. The topological polar surface area (TPSA) is 75.9 Å². The second-order valence-corrected chi connectivity index (χ2v) is 7.88. The molecule has 0 aromatic heterocycles. The number of ether oxygens (including phenoxy) is 1. The Labute approximate surface area is 172 Å². The van der Waals surface area contributed by atoms with E-state index in [-0.39, 0.29) is 29.7 Å². The van der Waals surface area contributed by atoms with Gasteiger partial charge in [-0.25, -0.2) is 4.79 Å². The number of rotatable bonds is 4. The maximum absolute atomic E-state index is 12.5. The van der Waals surface area contributed by atoms with Crippen LogP contribution in [0.15, 0.2) is 24.3 Å². The molecule has 11 heteroatoms. The van der Waals surface area contributed by atoms with Crippen molar-refractivity contribution in [2.24, 2.45) is 5.92 Å². The van der Waals surface area contributed by atoms with Crippen LogP contribution in [-0.4, -0.2) is 65.5 Å². The molecule has 2 saturated heterocycles. The lowest BCUT2D eigenvalue weighted by molar-refractivity contribution is -0.384. The number of nitro groups is 1. The number of carbonyl (C=O) groups excluding carboxylic acids is 1. The van der Waals surface area contributed by atoms with Crippen LogP contribution < -0.4 is 0 Å². The molecule has 0 saturated carbocycles. The van der Waals surface area contributed by atoms with Crippen LogP contribution in [0.25, 0.3) is 0 Å². The van der Waals surface area contributed by atoms with Crippen LogP contribution in [0.1, 0.15) is 18.4 Å². The van der Waals surface area contributed by atoms with Gasteiger partial charge in [-0.1, -0.05) is 0 Å². The Morgan fingerprint density at radius 2 is 1.93 bits per heavy atom. The van der Waals surface area contributed by atoms with Gasteiger partial charge >= 0.3 is 12.8 Å². The number of hydrogen-bond acceptors (Lipinski definition) is 6. The van der Waals surface area contributed by atoms with Gasteiger partial charge in [-0.3, -0.25) is 10.1 Å². The third-order valence-corrected chi connectivity index (χ3v) is 5.41. The van der Waals surface area contributed by atoms with Crippen molar-refractivity contribution in [2.45, 2.75) is 37.4 Å². The molecule has 1 unspecified atom stereocenters. The van der Waals surface area contributed by atoms with Gasteiger partial charge in [0, 0.05) is 36.5 Å². The molecule has 1 amide bonds. The van der Waals surface area contributed by atoms with Crippen molar-refractivity contribution in [3.63, 3.8) is 0 Å². The highest BCUT2D eigenvalue weighted by Crippen LogP contribution is 2.32. The van der Waals surface area contributed by atoms with Crippen LogP contribution in [0.2, 0.25) is 0 Å². The number of amides is 1. The maximum atomic E-state index is 12.5. The number of halogens is 3. The van der Waals surface area contributed by atoms with Crippen LogP contribution in [0.3, 0.4) is 0 Å². The Hall–Kier alpha value is -2.01. The summed E-state index contributed by atoms with van der Waals surface area (Å²) < 4.78 is 34.4. The molecule has 2 aliphatic rings. The molecule has 29 heavy (non-hydrogen) atoms. The molecule has 1 aromatic rings. The predicted molar refractivity (Wildman–Crippen MR) is 104 cm³/mol. The standard InChI is InChI=1S/C17H23N3O4S.CHF3/c1-18-7-6-13(9-18)16-8-15(25)10-19(16)17(21)24-11-12-2-4-14(5-3-12)20(22)23;2-1(3)4/h2-5,13,15-16,25H,6-11H2,1H3;1H/t13?,15-,16-;/m0./s1. The first-order chi connectivity index (χ1) is 13.7. The molecule has 1 aromatic carbocycles. The van der Waals surface area contributed by atoms with E-state index in [1.807, 2.05) is 4.90 Å². The van der Waals surface area contributed by atoms with Crippen LogP contribution in [-0.2, 0) is 11.3 Å². The quantitative estimate of drug-likeness (QED) is 0.443. The first kappa shape index (κ1) is 23.3. The number of nitrogens with zero attached hydrogens (tertiary/aromatic N) is 3. The van der Waals surface area contributed by atoms with Gasteiger partial charge in [-0.2, -0.15) is 25.8 Å². The lowest BCUT2D eigenvalue weighted by atomic mass is 9.97. The Bertz CT molecular complexity index is 693. The summed E-state index contributed by atoms with van der Waals surface area (Å²) in [7, 11) is 2.10. The highest BCUT2D eigenvalue weighted by Gasteiger charge is 2.41. The number of carbonyl (C=O) groups is 1. The minimum Gasteiger partial charge on any atom is -0.445 e. The molecule has 2 heterocycles. The van der Waals surface area contributed by atoms with Gasteiger partial charge < -0.3 is 14.5 Å². The molecular weight excluding hydrogens is 411 g/mol. The average Bonchev–Trinajstić information content (AvgIpc) is 3.25. The summed E-state index contributed by atoms with van der Waals surface area (Å²) in [6.07, 6.45) is 1.66. The van der Waals surface area contributed by atoms with Gasteiger partial charge in [0.2, 0.25) is 0 Å². The number of nitro benzene ring substituents is 1. The first-order valence-corrected chi connectivity index (χ1v) is 9.64. The van der Waals surface area contributed by atoms with Crippen molar-refractivity contribution < 1.29 is 27.6 Å². The highest BCUT2D eigenvalue weighted by atomic mass is 32.1. The zero-order valence-electron chi connectivity index (χ0n) is 15.9. The average molecular weight is 435 g/mol. The van der Waals surface area contributed by atoms with Crippen LogP contribution in [0.4, 0.5) is 23.7 Å². The van der Waals surface area contributed by atoms with E-state index in [0.29, 0.717) is 12.5 Å². The summed E-state index contributed by atoms with van der Waals surface area (Å²) in [6.45, 7) is -0.893. The molecule has 2 fully saturated rings. The molecular formula is C18H24F3N3O4S. The van der Waals surface area contributed by atoms with Gasteiger partial charge in [0.1, 0.15) is 6.61 Å². The predicted octanol–water partition coefficient (Wildman–Crippen LogP) is 3.73. The van der Waals surface area contributed by atoms with E-state index in [2.05, 4.69) is 24.6 Å². The van der Waals surface area contributed by atoms with Crippen LogP contribution in [0.5, 0.6) is 0 Å². The Morgan fingerprint density at radius 3 is 2.45 bits per heavy atom. The summed E-state index contributed by atoms with van der Waals surface area (Å²) in [5.74, 6) is 0.467. The van der Waals surface area contributed by atoms with Crippen molar-refractivity contribution in [3.8, 4) is 0 Å². The fraction of sp³-hybridized carbons (Fsp3) is 0.611. The number of alkyl halides is 3. The first-order valence-electron chi connectivity index (χ1n) is 9.13. The third kappa shape index (κ3) is 7.07. The van der Waals surface area contributed by atoms with E-state index < -0.39 is 11.6 Å². The van der Waals surface area contributed by atoms with Crippen molar-refractivity contribution >= 4 is 24.4 Å². The number of hydrogen-bond donors (Lipinski definition) is 1. The monoisotopic (exact) mass is 435 g/mol. The molecule has 7 nitrogen and oxygen atoms in total. The van der Waals surface area contributed by atoms with Gasteiger partial charge in [-0.15, -0.1) is 0 Å². The molecule has 0 bridgehead atoms. The van der Waals surface area contributed by atoms with E-state index in [4.69, 9.17) is 4.74 Å². The number of likely N-dealkylation sites (tertiary alicyclic amines) is 2. The van der Waals surface area contributed by atoms with E-state index in [1.54, 1.807) is 12.1 Å². The van der Waals surface area contributed by atoms with Crippen LogP contribution in [0, 0.1) is 16.0 Å². The number of thiol groups is 1. The van der Waals surface area contributed by atoms with Crippen molar-refractivity contribution in [1.29, 1.82) is 0 Å². The smallest absolute Gasteiger partial charge is 0.410 e. The normalized spacial score (nSPS) is 24.3. The van der Waals surface area contributed by atoms with E-state index >= 15 is 0 Å². The molecule has 0 spiro atoms. The lowest BCUT2D eigenvalue weighted by Gasteiger charge is -2.28. The summed E-state index contributed by atoms with van der Waals surface area (Å²) in [5, 5.41) is 10.9. The molecule has 162 valence electrons. The van der Waals surface area contributed by atoms with E-state index in [9.17, 15) is 28.1 Å². The molecule has 2 aliphatic heterocycles. The summed E-state index contributed by atoms with van der Waals surface area (Å²) in [4.78, 5) is 26.9. The molecule has 0 N–H and O–H groups in total. The SMILES string of the molecule is CN1CCC([C@@H]2C[C@H](S)CN2C(=O)OCc2ccc([N+](=O)[O-])cc2)C1.FC(F)F. The second kappa shape index (κ2) is 10.7. The Balaban J connectivity index is 0.000000687. The molecule has 3 atom stereocenters. The lowest BCUT2D eigenvalue weighted by Crippen LogP contribution is -2.41. The highest BCUT2D eigenvalue weighted by molar-refractivity contribution is 7.81. The van der Waals surface area contributed by atoms with E-state index in [0.717, 1.165) is 31.5 Å². The fourth-order valence-electron chi connectivity index (χ4n) is 3.72. The van der Waals surface area contributed by atoms with Crippen molar-refractivity contribution in [3.05, 3.63) is 39.9 Å². The second-order valence-electron chi connectivity index (χ2n) is 7.15. The zero-order chi connectivity index (χ0) is 21.6. The van der Waals surface area contributed by atoms with E-state index in [1.165, 1.54) is 12.1 Å². The summed E-state index contributed by atoms with van der Waals surface area (Å²) >= 11 is 4.56. The zero-order valence-corrected chi connectivity index (χ0v) is 16.8. The Kier molecular flexibility index (Phi) is 8.57. The van der Waals surface area contributed by atoms with Gasteiger partial charge in [-0.05, 0) is 50.0 Å². The maximum Gasteiger partial charge on any atom is 0.410 e. The fourth-order valence-corrected chi connectivity index (χ4v) is 4.12. The number of non-ortho nitro benzene ring substituents is 1. The third-order valence-electron chi connectivity index (χ3n) is 5.04. The van der Waals surface area contributed by atoms with Crippen molar-refractivity contribution in [1.82, 2.24) is 9.80 Å². The molecule has 0 aliphatic carbocycles. The van der Waals surface area contributed by atoms with Gasteiger partial charge in [0.05, 0.1) is 4.92 Å². The van der Waals surface area contributed by atoms with Crippen molar-refractivity contribution in [2.75, 3.05) is 26.7 Å². The summed E-state index contributed by atoms with van der Waals surface area (Å²) in [5.41, 5.74) is 0.760. The van der Waals surface area contributed by atoms with Gasteiger partial charge in [0.25, 0.3) is 5.69 Å². The van der Waals surface area contributed by atoms with Gasteiger partial charge in [0.15, 0.2) is 0 Å². The Morgan fingerprint density at radius 1 is 1.31 bits per heavy atom.